The fraction of sp³-hybridized carbons (Fsp3) is 0.105. The number of hydrogen-bond donors (Lipinski definition) is 2. The third-order valence-electron chi connectivity index (χ3n) is 3.85. The number of benzene rings is 2. The Kier molecular flexibility index (Phi) is 6.41. The predicted molar refractivity (Wildman–Crippen MR) is 105 cm³/mol. The molecule has 2 aromatic carbocycles. The maximum Gasteiger partial charge on any atom is 0.195 e. The topological polar surface area (TPSA) is 90.3 Å². The summed E-state index contributed by atoms with van der Waals surface area (Å²) >= 11 is 1.47. The Morgan fingerprint density at radius 3 is 2.48 bits per heavy atom. The normalized spacial score (nSPS) is 10.6. The molecule has 0 aliphatic heterocycles. The third kappa shape index (κ3) is 4.81. The molecule has 4 rings (SSSR count). The first-order valence-corrected chi connectivity index (χ1v) is 8.95. The number of H-pyrrole nitrogens is 1. The molecule has 0 bridgehead atoms. The number of aryl methyl sites for hydroxylation is 2. The first-order chi connectivity index (χ1) is 12.6. The van der Waals surface area contributed by atoms with E-state index < -0.39 is 0 Å². The molecule has 2 aromatic heterocycles. The van der Waals surface area contributed by atoms with Crippen LogP contribution in [0.4, 0.5) is 17.3 Å². The minimum absolute atomic E-state index is 0. The molecule has 0 unspecified atom stereocenters. The molecule has 0 saturated carbocycles. The fourth-order valence-corrected chi connectivity index (χ4v) is 3.35. The summed E-state index contributed by atoms with van der Waals surface area (Å²) in [6.07, 6.45) is 0. The number of hydrogen-bond acceptors (Lipinski definition) is 5. The number of anilines is 2. The monoisotopic (exact) mass is 588 g/mol. The van der Waals surface area contributed by atoms with Gasteiger partial charge in [-0.3, -0.25) is 5.10 Å². The fourth-order valence-electron chi connectivity index (χ4n) is 2.59. The largest absolute Gasteiger partial charge is 0.699 e. The quantitative estimate of drug-likeness (QED) is 0.306. The smallest absolute Gasteiger partial charge is 0.195 e. The second-order valence-electron chi connectivity index (χ2n) is 6.06. The van der Waals surface area contributed by atoms with Crippen molar-refractivity contribution >= 4 is 40.0 Å². The maximum absolute atomic E-state index is 7.60. The molecule has 6 nitrogen and oxygen atoms in total. The van der Waals surface area contributed by atoms with E-state index in [0.717, 1.165) is 38.7 Å². The standard InChI is InChI=1S/C19H17N6S.Ac/c1-11-3-8-15-16(9-11)21-19(26-14-6-4-13(20)5-7-14)23-18(15)22-17-10-12(2)24-25-17;/h3-10,20H,1-2H3,(H2,21,22,23,24,25);/q-1;. The zero-order valence-electron chi connectivity index (χ0n) is 14.9. The Bertz CT molecular complexity index is 1080. The second-order valence-corrected chi connectivity index (χ2v) is 7.10. The number of rotatable bonds is 4. The average molecular weight is 588 g/mol. The van der Waals surface area contributed by atoms with Crippen LogP contribution in [0, 0.1) is 57.9 Å². The summed E-state index contributed by atoms with van der Waals surface area (Å²) in [6.45, 7) is 4.00. The minimum Gasteiger partial charge on any atom is -0.699 e. The van der Waals surface area contributed by atoms with Gasteiger partial charge in [0.1, 0.15) is 5.82 Å². The number of fused-ring (bicyclic) bond motifs is 1. The Morgan fingerprint density at radius 2 is 1.78 bits per heavy atom. The van der Waals surface area contributed by atoms with Gasteiger partial charge in [0.25, 0.3) is 0 Å². The molecule has 4 aromatic rings. The first kappa shape index (κ1) is 20.1. The van der Waals surface area contributed by atoms with Gasteiger partial charge in [-0.15, -0.1) is 5.69 Å². The predicted octanol–water partition coefficient (Wildman–Crippen LogP) is 5.55. The van der Waals surface area contributed by atoms with Gasteiger partial charge in [-0.25, -0.2) is 9.97 Å². The van der Waals surface area contributed by atoms with E-state index in [9.17, 15) is 0 Å². The van der Waals surface area contributed by atoms with Gasteiger partial charge >= 0.3 is 0 Å². The molecular formula is C19H17AcN6S-. The average Bonchev–Trinajstić information content (AvgIpc) is 3.01. The van der Waals surface area contributed by atoms with Crippen LogP contribution in [0.25, 0.3) is 16.6 Å². The summed E-state index contributed by atoms with van der Waals surface area (Å²) in [7, 11) is 0. The van der Waals surface area contributed by atoms with E-state index in [1.165, 1.54) is 11.8 Å². The van der Waals surface area contributed by atoms with E-state index in [2.05, 4.69) is 21.6 Å². The van der Waals surface area contributed by atoms with Gasteiger partial charge < -0.3 is 11.1 Å². The SMILES string of the molecule is Cc1ccc2c(Nc3cc(C)[nH]n3)nc(Sc3ccc([NH-])cc3)nc2c1.[Ac]. The van der Waals surface area contributed by atoms with Gasteiger partial charge in [0.05, 0.1) is 5.52 Å². The van der Waals surface area contributed by atoms with Crippen molar-refractivity contribution in [2.75, 3.05) is 5.32 Å². The Hall–Kier alpha value is -1.62. The number of nitrogens with one attached hydrogen (secondary N) is 3. The molecular weight excluding hydrogens is 571 g/mol. The van der Waals surface area contributed by atoms with E-state index in [-0.39, 0.29) is 44.1 Å². The molecule has 0 amide bonds. The van der Waals surface area contributed by atoms with E-state index in [1.54, 1.807) is 12.1 Å². The molecule has 0 spiro atoms. The zero-order chi connectivity index (χ0) is 18.1. The maximum atomic E-state index is 7.60. The summed E-state index contributed by atoms with van der Waals surface area (Å²) < 4.78 is 0. The van der Waals surface area contributed by atoms with Crippen LogP contribution in [0.5, 0.6) is 0 Å². The van der Waals surface area contributed by atoms with E-state index in [0.29, 0.717) is 10.8 Å². The summed E-state index contributed by atoms with van der Waals surface area (Å²) in [6, 6.07) is 15.4. The van der Waals surface area contributed by atoms with Crippen LogP contribution < -0.4 is 5.32 Å². The van der Waals surface area contributed by atoms with Crippen LogP contribution in [0.3, 0.4) is 0 Å². The van der Waals surface area contributed by atoms with Gasteiger partial charge in [-0.2, -0.15) is 5.10 Å². The van der Waals surface area contributed by atoms with Crippen molar-refractivity contribution in [2.24, 2.45) is 0 Å². The van der Waals surface area contributed by atoms with Crippen molar-refractivity contribution in [1.29, 1.82) is 0 Å². The van der Waals surface area contributed by atoms with Crippen LogP contribution in [-0.2, 0) is 0 Å². The summed E-state index contributed by atoms with van der Waals surface area (Å²) in [5.74, 6) is 1.44. The molecule has 2 heterocycles. The molecule has 8 heteroatoms. The minimum atomic E-state index is 0. The molecule has 0 fully saturated rings. The van der Waals surface area contributed by atoms with Crippen LogP contribution >= 0.6 is 11.8 Å². The van der Waals surface area contributed by atoms with Gasteiger partial charge in [0.15, 0.2) is 11.0 Å². The summed E-state index contributed by atoms with van der Waals surface area (Å²) in [4.78, 5) is 10.4. The van der Waals surface area contributed by atoms with Crippen molar-refractivity contribution in [2.45, 2.75) is 23.9 Å². The summed E-state index contributed by atoms with van der Waals surface area (Å²) in [5.41, 5.74) is 11.1. The second kappa shape index (κ2) is 8.59. The van der Waals surface area contributed by atoms with Crippen molar-refractivity contribution in [3.05, 3.63) is 65.5 Å². The third-order valence-corrected chi connectivity index (χ3v) is 4.72. The van der Waals surface area contributed by atoms with Crippen molar-refractivity contribution in [1.82, 2.24) is 20.2 Å². The van der Waals surface area contributed by atoms with Crippen molar-refractivity contribution in [3.8, 4) is 0 Å². The van der Waals surface area contributed by atoms with Gasteiger partial charge in [-0.1, -0.05) is 18.2 Å². The number of aromatic amines is 1. The van der Waals surface area contributed by atoms with Crippen LogP contribution in [0.1, 0.15) is 11.3 Å². The molecule has 133 valence electrons. The number of nitrogens with zero attached hydrogens (tertiary/aromatic N) is 3. The van der Waals surface area contributed by atoms with Gasteiger partial charge in [0, 0.05) is 66.1 Å². The van der Waals surface area contributed by atoms with E-state index in [4.69, 9.17) is 15.7 Å². The first-order valence-electron chi connectivity index (χ1n) is 8.14. The van der Waals surface area contributed by atoms with Crippen LogP contribution in [-0.4, -0.2) is 20.2 Å². The van der Waals surface area contributed by atoms with E-state index >= 15 is 0 Å². The molecule has 0 atom stereocenters. The Morgan fingerprint density at radius 1 is 1.00 bits per heavy atom. The molecule has 0 aliphatic rings. The van der Waals surface area contributed by atoms with Crippen LogP contribution in [0.15, 0.2) is 58.6 Å². The van der Waals surface area contributed by atoms with Crippen LogP contribution in [0.2, 0.25) is 0 Å². The Labute approximate surface area is 197 Å². The van der Waals surface area contributed by atoms with Gasteiger partial charge in [-0.05, 0) is 55.4 Å². The molecule has 27 heavy (non-hydrogen) atoms. The zero-order valence-corrected chi connectivity index (χ0v) is 20.5. The van der Waals surface area contributed by atoms with Gasteiger partial charge in [0.2, 0.25) is 0 Å². The number of aromatic nitrogens is 4. The van der Waals surface area contributed by atoms with Crippen molar-refractivity contribution < 1.29 is 44.1 Å². The molecule has 0 saturated heterocycles. The molecule has 3 N–H and O–H groups in total. The van der Waals surface area contributed by atoms with Crippen molar-refractivity contribution in [3.63, 3.8) is 0 Å². The Balaban J connectivity index is 0.00000210. The van der Waals surface area contributed by atoms with E-state index in [1.807, 2.05) is 44.2 Å². The molecule has 0 aliphatic carbocycles. The molecule has 1 radical (unpaired) electrons. The summed E-state index contributed by atoms with van der Waals surface area (Å²) in [5, 5.41) is 12.0.